The summed E-state index contributed by atoms with van der Waals surface area (Å²) in [6.45, 7) is 1.89. The van der Waals surface area contributed by atoms with Gasteiger partial charge in [-0.15, -0.1) is 10.2 Å². The fourth-order valence-corrected chi connectivity index (χ4v) is 2.96. The zero-order valence-corrected chi connectivity index (χ0v) is 16.9. The number of aromatic nitrogens is 4. The van der Waals surface area contributed by atoms with E-state index in [4.69, 9.17) is 16.3 Å². The van der Waals surface area contributed by atoms with E-state index in [-0.39, 0.29) is 12.3 Å². The van der Waals surface area contributed by atoms with Gasteiger partial charge in [0.15, 0.2) is 5.82 Å². The fourth-order valence-electron chi connectivity index (χ4n) is 2.84. The maximum Gasteiger partial charge on any atom is 0.238 e. The van der Waals surface area contributed by atoms with Gasteiger partial charge in [0.2, 0.25) is 11.8 Å². The first-order valence-corrected chi connectivity index (χ1v) is 9.61. The Kier molecular flexibility index (Phi) is 5.72. The summed E-state index contributed by atoms with van der Waals surface area (Å²) < 4.78 is 7.56. The molecule has 4 aromatic rings. The summed E-state index contributed by atoms with van der Waals surface area (Å²) >= 11 is 5.86. The number of carbonyl (C=O) groups excluding carboxylic acids is 1. The maximum absolute atomic E-state index is 12.2. The fraction of sp³-hybridized carbons (Fsp3) is 0.0909. The van der Waals surface area contributed by atoms with Gasteiger partial charge in [0.05, 0.1) is 6.42 Å². The van der Waals surface area contributed by atoms with Crippen molar-refractivity contribution < 1.29 is 9.53 Å². The van der Waals surface area contributed by atoms with E-state index in [1.54, 1.807) is 48.7 Å². The van der Waals surface area contributed by atoms with Crippen LogP contribution in [0.5, 0.6) is 11.6 Å². The Morgan fingerprint density at radius 2 is 1.80 bits per heavy atom. The van der Waals surface area contributed by atoms with Gasteiger partial charge in [0.1, 0.15) is 11.6 Å². The molecule has 7 nitrogen and oxygen atoms in total. The van der Waals surface area contributed by atoms with Crippen molar-refractivity contribution in [3.63, 3.8) is 0 Å². The van der Waals surface area contributed by atoms with E-state index in [9.17, 15) is 4.79 Å². The standard InChI is InChI=1S/C22H18ClN5O2/c1-15-24-12-13-28(15)20-10-11-22(27-26-20)30-19-8-6-18(7-9-19)25-21(29)14-16-2-4-17(23)5-3-16/h2-13H,14H2,1H3,(H,25,29). The molecule has 8 heteroatoms. The van der Waals surface area contributed by atoms with E-state index < -0.39 is 0 Å². The molecule has 1 amide bonds. The van der Waals surface area contributed by atoms with Crippen molar-refractivity contribution in [3.05, 3.63) is 89.5 Å². The Bertz CT molecular complexity index is 1140. The summed E-state index contributed by atoms with van der Waals surface area (Å²) in [4.78, 5) is 16.4. The smallest absolute Gasteiger partial charge is 0.238 e. The molecule has 0 radical (unpaired) electrons. The quantitative estimate of drug-likeness (QED) is 0.494. The van der Waals surface area contributed by atoms with Crippen LogP contribution in [0.15, 0.2) is 73.1 Å². The highest BCUT2D eigenvalue weighted by Crippen LogP contribution is 2.22. The van der Waals surface area contributed by atoms with Crippen molar-refractivity contribution in [1.82, 2.24) is 19.7 Å². The number of nitrogens with one attached hydrogen (secondary N) is 1. The van der Waals surface area contributed by atoms with Gasteiger partial charge in [-0.25, -0.2) is 4.98 Å². The highest BCUT2D eigenvalue weighted by atomic mass is 35.5. The lowest BCUT2D eigenvalue weighted by Crippen LogP contribution is -2.14. The number of ether oxygens (including phenoxy) is 1. The van der Waals surface area contributed by atoms with Gasteiger partial charge in [-0.3, -0.25) is 9.36 Å². The minimum Gasteiger partial charge on any atom is -0.438 e. The van der Waals surface area contributed by atoms with Crippen LogP contribution >= 0.6 is 11.6 Å². The van der Waals surface area contributed by atoms with Crippen molar-refractivity contribution in [2.24, 2.45) is 0 Å². The number of amides is 1. The SMILES string of the molecule is Cc1nccn1-c1ccc(Oc2ccc(NC(=O)Cc3ccc(Cl)cc3)cc2)nn1. The van der Waals surface area contributed by atoms with Crippen LogP contribution in [0.4, 0.5) is 5.69 Å². The molecule has 0 saturated carbocycles. The topological polar surface area (TPSA) is 81.9 Å². The summed E-state index contributed by atoms with van der Waals surface area (Å²) in [7, 11) is 0. The van der Waals surface area contributed by atoms with Crippen LogP contribution < -0.4 is 10.1 Å². The number of anilines is 1. The molecule has 0 unspecified atom stereocenters. The number of imidazole rings is 1. The van der Waals surface area contributed by atoms with E-state index in [1.165, 1.54) is 0 Å². The van der Waals surface area contributed by atoms with Crippen molar-refractivity contribution in [1.29, 1.82) is 0 Å². The Morgan fingerprint density at radius 3 is 2.43 bits per heavy atom. The van der Waals surface area contributed by atoms with Crippen molar-refractivity contribution in [3.8, 4) is 17.4 Å². The van der Waals surface area contributed by atoms with Crippen LogP contribution in [-0.2, 0) is 11.2 Å². The highest BCUT2D eigenvalue weighted by molar-refractivity contribution is 6.30. The largest absolute Gasteiger partial charge is 0.438 e. The van der Waals surface area contributed by atoms with Gasteiger partial charge in [-0.05, 0) is 55.0 Å². The second-order valence-corrected chi connectivity index (χ2v) is 6.99. The first kappa shape index (κ1) is 19.6. The first-order valence-electron chi connectivity index (χ1n) is 9.23. The molecule has 4 rings (SSSR count). The van der Waals surface area contributed by atoms with Gasteiger partial charge >= 0.3 is 0 Å². The number of aryl methyl sites for hydroxylation is 1. The van der Waals surface area contributed by atoms with Crippen LogP contribution in [0.1, 0.15) is 11.4 Å². The third-order valence-corrected chi connectivity index (χ3v) is 4.59. The minimum absolute atomic E-state index is 0.109. The summed E-state index contributed by atoms with van der Waals surface area (Å²) in [6.07, 6.45) is 3.80. The Balaban J connectivity index is 1.35. The van der Waals surface area contributed by atoms with E-state index in [0.717, 1.165) is 11.4 Å². The van der Waals surface area contributed by atoms with Gasteiger partial charge in [-0.2, -0.15) is 0 Å². The highest BCUT2D eigenvalue weighted by Gasteiger charge is 2.07. The number of hydrogen-bond donors (Lipinski definition) is 1. The Hall–Kier alpha value is -3.71. The van der Waals surface area contributed by atoms with Gasteiger partial charge in [0, 0.05) is 29.2 Å². The number of benzene rings is 2. The maximum atomic E-state index is 12.2. The molecule has 0 aliphatic heterocycles. The Labute approximate surface area is 178 Å². The van der Waals surface area contributed by atoms with Gasteiger partial charge < -0.3 is 10.1 Å². The first-order chi connectivity index (χ1) is 14.6. The summed E-state index contributed by atoms with van der Waals surface area (Å²) in [5, 5.41) is 11.8. The zero-order chi connectivity index (χ0) is 20.9. The molecular formula is C22H18ClN5O2. The zero-order valence-electron chi connectivity index (χ0n) is 16.1. The predicted molar refractivity (Wildman–Crippen MR) is 114 cm³/mol. The van der Waals surface area contributed by atoms with E-state index >= 15 is 0 Å². The lowest BCUT2D eigenvalue weighted by molar-refractivity contribution is -0.115. The monoisotopic (exact) mass is 419 g/mol. The second-order valence-electron chi connectivity index (χ2n) is 6.55. The van der Waals surface area contributed by atoms with Crippen molar-refractivity contribution >= 4 is 23.2 Å². The second kappa shape index (κ2) is 8.75. The summed E-state index contributed by atoms with van der Waals surface area (Å²) in [5.41, 5.74) is 1.57. The molecule has 2 aromatic carbocycles. The summed E-state index contributed by atoms with van der Waals surface area (Å²) in [6, 6.07) is 17.8. The minimum atomic E-state index is -0.109. The lowest BCUT2D eigenvalue weighted by atomic mass is 10.1. The molecule has 0 atom stereocenters. The molecule has 1 N–H and O–H groups in total. The van der Waals surface area contributed by atoms with E-state index in [1.807, 2.05) is 35.9 Å². The predicted octanol–water partition coefficient (Wildman–Crippen LogP) is 4.60. The number of halogens is 1. The molecule has 0 fully saturated rings. The van der Waals surface area contributed by atoms with Crippen LogP contribution in [-0.4, -0.2) is 25.7 Å². The Morgan fingerprint density at radius 1 is 1.03 bits per heavy atom. The molecule has 0 aliphatic rings. The van der Waals surface area contributed by atoms with E-state index in [2.05, 4.69) is 20.5 Å². The molecule has 2 heterocycles. The van der Waals surface area contributed by atoms with Gasteiger partial charge in [-0.1, -0.05) is 23.7 Å². The normalized spacial score (nSPS) is 10.6. The third kappa shape index (κ3) is 4.82. The van der Waals surface area contributed by atoms with Crippen LogP contribution in [0, 0.1) is 6.92 Å². The lowest BCUT2D eigenvalue weighted by Gasteiger charge is -2.08. The van der Waals surface area contributed by atoms with Crippen LogP contribution in [0.2, 0.25) is 5.02 Å². The van der Waals surface area contributed by atoms with Crippen molar-refractivity contribution in [2.45, 2.75) is 13.3 Å². The average molecular weight is 420 g/mol. The summed E-state index contributed by atoms with van der Waals surface area (Å²) in [5.74, 6) is 2.34. The van der Waals surface area contributed by atoms with Crippen LogP contribution in [0.25, 0.3) is 5.82 Å². The molecule has 0 aliphatic carbocycles. The number of carbonyl (C=O) groups is 1. The molecule has 2 aromatic heterocycles. The molecule has 0 spiro atoms. The number of rotatable bonds is 6. The average Bonchev–Trinajstić information content (AvgIpc) is 3.18. The van der Waals surface area contributed by atoms with Crippen LogP contribution in [0.3, 0.4) is 0 Å². The molecule has 0 saturated heterocycles. The number of nitrogens with zero attached hydrogens (tertiary/aromatic N) is 4. The molecule has 30 heavy (non-hydrogen) atoms. The van der Waals surface area contributed by atoms with E-state index in [0.29, 0.717) is 28.2 Å². The third-order valence-electron chi connectivity index (χ3n) is 4.34. The van der Waals surface area contributed by atoms with Crippen molar-refractivity contribution in [2.75, 3.05) is 5.32 Å². The molecular weight excluding hydrogens is 402 g/mol. The number of hydrogen-bond acceptors (Lipinski definition) is 5. The van der Waals surface area contributed by atoms with Gasteiger partial charge in [0.25, 0.3) is 0 Å². The molecule has 150 valence electrons. The molecule has 0 bridgehead atoms.